The second-order valence-corrected chi connectivity index (χ2v) is 5.68. The number of hydrogen-bond donors (Lipinski definition) is 4. The van der Waals surface area contributed by atoms with Crippen LogP contribution in [0.4, 0.5) is 0 Å². The van der Waals surface area contributed by atoms with Crippen molar-refractivity contribution >= 4 is 11.9 Å². The number of esters is 2. The zero-order valence-electron chi connectivity index (χ0n) is 12.0. The number of aliphatic hydroxyl groups is 3. The van der Waals surface area contributed by atoms with E-state index in [1.807, 2.05) is 0 Å². The lowest BCUT2D eigenvalue weighted by Crippen LogP contribution is -2.52. The summed E-state index contributed by atoms with van der Waals surface area (Å²) in [6, 6.07) is 5.80. The highest BCUT2D eigenvalue weighted by molar-refractivity contribution is 5.91. The molecular formula is C15H16O8. The fraction of sp³-hybridized carbons (Fsp3) is 0.467. The fourth-order valence-corrected chi connectivity index (χ4v) is 3.18. The molecule has 0 unspecified atom stereocenters. The van der Waals surface area contributed by atoms with Crippen LogP contribution in [0.1, 0.15) is 17.9 Å². The quantitative estimate of drug-likeness (QED) is 0.510. The molecule has 124 valence electrons. The van der Waals surface area contributed by atoms with Crippen LogP contribution >= 0.6 is 0 Å². The molecule has 1 aromatic rings. The Morgan fingerprint density at radius 1 is 1.26 bits per heavy atom. The van der Waals surface area contributed by atoms with E-state index in [-0.39, 0.29) is 12.2 Å². The Hall–Kier alpha value is -2.16. The molecule has 0 radical (unpaired) electrons. The van der Waals surface area contributed by atoms with E-state index in [9.17, 15) is 24.9 Å². The molecule has 2 heterocycles. The van der Waals surface area contributed by atoms with Crippen LogP contribution in [-0.2, 0) is 19.1 Å². The highest BCUT2D eigenvalue weighted by atomic mass is 16.6. The average molecular weight is 324 g/mol. The topological polar surface area (TPSA) is 134 Å². The summed E-state index contributed by atoms with van der Waals surface area (Å²) in [4.78, 5) is 24.1. The van der Waals surface area contributed by atoms with Crippen molar-refractivity contribution in [3.8, 4) is 5.75 Å². The number of aliphatic hydroxyl groups excluding tert-OH is 3. The molecule has 0 amide bonds. The highest BCUT2D eigenvalue weighted by Gasteiger charge is 2.69. The number of aromatic hydroxyl groups is 1. The summed E-state index contributed by atoms with van der Waals surface area (Å²) >= 11 is 0. The Morgan fingerprint density at radius 2 is 1.91 bits per heavy atom. The number of ether oxygens (including phenoxy) is 2. The van der Waals surface area contributed by atoms with Gasteiger partial charge in [-0.2, -0.15) is 0 Å². The standard InChI is InChI=1S/C15H16O8/c16-6-10(18)12-13(20)15(14(21)22-12)9(5-11(19)23-15)7-1-3-8(17)4-2-7/h1-4,9-10,12-13,16-18,20H,5-6H2/t9-,10+,12-,13+,15+/m1/s1. The molecule has 0 aliphatic carbocycles. The number of carbonyl (C=O) groups excluding carboxylic acids is 2. The van der Waals surface area contributed by atoms with Crippen molar-refractivity contribution in [2.24, 2.45) is 0 Å². The van der Waals surface area contributed by atoms with Crippen LogP contribution in [0.2, 0.25) is 0 Å². The Kier molecular flexibility index (Phi) is 3.75. The zero-order valence-corrected chi connectivity index (χ0v) is 12.0. The van der Waals surface area contributed by atoms with E-state index in [2.05, 4.69) is 0 Å². The number of phenols is 1. The SMILES string of the molecule is O=C1C[C@H](c2ccc(O)cc2)[C@@]2(O1)C(=O)O[C@H]([C@@H](O)CO)[C@@H]2O. The van der Waals surface area contributed by atoms with E-state index in [1.54, 1.807) is 0 Å². The molecule has 8 heteroatoms. The first-order chi connectivity index (χ1) is 10.9. The van der Waals surface area contributed by atoms with Gasteiger partial charge in [-0.25, -0.2) is 4.79 Å². The van der Waals surface area contributed by atoms with Crippen LogP contribution in [0, 0.1) is 0 Å². The van der Waals surface area contributed by atoms with Gasteiger partial charge in [-0.1, -0.05) is 12.1 Å². The minimum absolute atomic E-state index is 0.0103. The molecule has 23 heavy (non-hydrogen) atoms. The maximum absolute atomic E-state index is 12.3. The summed E-state index contributed by atoms with van der Waals surface area (Å²) in [6.07, 6.45) is -4.66. The second-order valence-electron chi connectivity index (χ2n) is 5.68. The smallest absolute Gasteiger partial charge is 0.354 e. The normalized spacial score (nSPS) is 34.5. The number of carbonyl (C=O) groups is 2. The van der Waals surface area contributed by atoms with E-state index >= 15 is 0 Å². The molecule has 8 nitrogen and oxygen atoms in total. The van der Waals surface area contributed by atoms with Crippen LogP contribution in [-0.4, -0.2) is 62.9 Å². The molecule has 1 aromatic carbocycles. The Morgan fingerprint density at radius 3 is 2.52 bits per heavy atom. The predicted octanol–water partition coefficient (Wildman–Crippen LogP) is -1.20. The van der Waals surface area contributed by atoms with Crippen molar-refractivity contribution in [2.75, 3.05) is 6.61 Å². The molecule has 0 saturated carbocycles. The van der Waals surface area contributed by atoms with Gasteiger partial charge in [-0.15, -0.1) is 0 Å². The third kappa shape index (κ3) is 2.26. The summed E-state index contributed by atoms with van der Waals surface area (Å²) in [5.74, 6) is -2.46. The first kappa shape index (κ1) is 15.7. The minimum Gasteiger partial charge on any atom is -0.508 e. The maximum Gasteiger partial charge on any atom is 0.354 e. The number of hydrogen-bond acceptors (Lipinski definition) is 8. The zero-order chi connectivity index (χ0) is 16.8. The van der Waals surface area contributed by atoms with Crippen LogP contribution in [0.25, 0.3) is 0 Å². The van der Waals surface area contributed by atoms with E-state index in [0.29, 0.717) is 5.56 Å². The van der Waals surface area contributed by atoms with E-state index in [0.717, 1.165) is 0 Å². The Balaban J connectivity index is 2.02. The number of benzene rings is 1. The van der Waals surface area contributed by atoms with Gasteiger partial charge in [-0.05, 0) is 17.7 Å². The fourth-order valence-electron chi connectivity index (χ4n) is 3.18. The van der Waals surface area contributed by atoms with Crippen molar-refractivity contribution in [3.05, 3.63) is 29.8 Å². The van der Waals surface area contributed by atoms with Gasteiger partial charge in [0.2, 0.25) is 5.60 Å². The minimum atomic E-state index is -1.96. The molecule has 5 atom stereocenters. The third-order valence-corrected chi connectivity index (χ3v) is 4.35. The van der Waals surface area contributed by atoms with Crippen LogP contribution in [0.15, 0.2) is 24.3 Å². The Labute approximate surface area is 130 Å². The highest BCUT2D eigenvalue weighted by Crippen LogP contribution is 2.48. The Bertz CT molecular complexity index is 627. The summed E-state index contributed by atoms with van der Waals surface area (Å²) in [5, 5.41) is 38.5. The third-order valence-electron chi connectivity index (χ3n) is 4.35. The number of cyclic esters (lactones) is 1. The summed E-state index contributed by atoms with van der Waals surface area (Å²) < 4.78 is 10.1. The lowest BCUT2D eigenvalue weighted by Gasteiger charge is -2.29. The molecule has 2 aliphatic heterocycles. The van der Waals surface area contributed by atoms with Gasteiger partial charge in [0.25, 0.3) is 0 Å². The van der Waals surface area contributed by atoms with Crippen molar-refractivity contribution in [3.63, 3.8) is 0 Å². The molecule has 1 spiro atoms. The van der Waals surface area contributed by atoms with Gasteiger partial charge in [0.15, 0.2) is 6.10 Å². The summed E-state index contributed by atoms with van der Waals surface area (Å²) in [5.41, 5.74) is -1.46. The average Bonchev–Trinajstić information content (AvgIpc) is 3.01. The van der Waals surface area contributed by atoms with Gasteiger partial charge in [0, 0.05) is 5.92 Å². The van der Waals surface area contributed by atoms with Gasteiger partial charge in [0.05, 0.1) is 13.0 Å². The molecular weight excluding hydrogens is 308 g/mol. The summed E-state index contributed by atoms with van der Waals surface area (Å²) in [6.45, 7) is -0.719. The lowest BCUT2D eigenvalue weighted by molar-refractivity contribution is -0.169. The second kappa shape index (κ2) is 5.48. The van der Waals surface area contributed by atoms with Gasteiger partial charge in [-0.3, -0.25) is 4.79 Å². The van der Waals surface area contributed by atoms with Crippen molar-refractivity contribution < 1.29 is 39.5 Å². The first-order valence-electron chi connectivity index (χ1n) is 7.09. The van der Waals surface area contributed by atoms with Gasteiger partial charge < -0.3 is 29.9 Å². The largest absolute Gasteiger partial charge is 0.508 e. The first-order valence-corrected chi connectivity index (χ1v) is 7.09. The van der Waals surface area contributed by atoms with Crippen LogP contribution < -0.4 is 0 Å². The van der Waals surface area contributed by atoms with Crippen molar-refractivity contribution in [1.29, 1.82) is 0 Å². The monoisotopic (exact) mass is 324 g/mol. The van der Waals surface area contributed by atoms with Gasteiger partial charge in [0.1, 0.15) is 18.0 Å². The molecule has 0 bridgehead atoms. The van der Waals surface area contributed by atoms with Crippen LogP contribution in [0.3, 0.4) is 0 Å². The molecule has 4 N–H and O–H groups in total. The maximum atomic E-state index is 12.3. The molecule has 2 fully saturated rings. The molecule has 2 saturated heterocycles. The number of rotatable bonds is 3. The molecule has 0 aromatic heterocycles. The van der Waals surface area contributed by atoms with Crippen molar-refractivity contribution in [1.82, 2.24) is 0 Å². The molecule has 3 rings (SSSR count). The van der Waals surface area contributed by atoms with E-state index in [1.165, 1.54) is 24.3 Å². The molecule has 2 aliphatic rings. The number of phenolic OH excluding ortho intramolecular Hbond substituents is 1. The van der Waals surface area contributed by atoms with Gasteiger partial charge >= 0.3 is 11.9 Å². The van der Waals surface area contributed by atoms with E-state index in [4.69, 9.17) is 14.6 Å². The summed E-state index contributed by atoms with van der Waals surface area (Å²) in [7, 11) is 0. The van der Waals surface area contributed by atoms with Crippen LogP contribution in [0.5, 0.6) is 5.75 Å². The predicted molar refractivity (Wildman–Crippen MR) is 73.3 cm³/mol. The van der Waals surface area contributed by atoms with E-state index < -0.39 is 48.4 Å². The lowest BCUT2D eigenvalue weighted by atomic mass is 9.77. The van der Waals surface area contributed by atoms with Crippen molar-refractivity contribution in [2.45, 2.75) is 36.3 Å².